The minimum atomic E-state index is 0.381. The largest absolute Gasteiger partial charge is 0.310 e. The molecule has 4 heteroatoms. The fourth-order valence-electron chi connectivity index (χ4n) is 1.79. The second-order valence-corrected chi connectivity index (χ2v) is 5.82. The van der Waals surface area contributed by atoms with Crippen molar-refractivity contribution in [3.8, 4) is 0 Å². The molecule has 2 aromatic rings. The first-order valence-corrected chi connectivity index (χ1v) is 7.31. The predicted molar refractivity (Wildman–Crippen MR) is 78.5 cm³/mol. The number of rotatable bonds is 5. The summed E-state index contributed by atoms with van der Waals surface area (Å²) in [6, 6.07) is 8.33. The van der Waals surface area contributed by atoms with E-state index >= 15 is 0 Å². The van der Waals surface area contributed by atoms with Crippen molar-refractivity contribution in [2.75, 3.05) is 6.54 Å². The molecule has 2 nitrogen and oxygen atoms in total. The monoisotopic (exact) mass is 280 g/mol. The van der Waals surface area contributed by atoms with Crippen molar-refractivity contribution in [1.29, 1.82) is 0 Å². The first-order valence-electron chi connectivity index (χ1n) is 6.11. The van der Waals surface area contributed by atoms with Crippen LogP contribution in [0.4, 0.5) is 0 Å². The summed E-state index contributed by atoms with van der Waals surface area (Å²) < 4.78 is 0. The molecule has 0 aliphatic heterocycles. The molecule has 18 heavy (non-hydrogen) atoms. The highest BCUT2D eigenvalue weighted by Crippen LogP contribution is 2.23. The van der Waals surface area contributed by atoms with Gasteiger partial charge in [-0.25, -0.2) is 4.98 Å². The highest BCUT2D eigenvalue weighted by Gasteiger charge is 2.09. The highest BCUT2D eigenvalue weighted by molar-refractivity contribution is 7.11. The molecule has 0 radical (unpaired) electrons. The van der Waals surface area contributed by atoms with Crippen LogP contribution in [-0.2, 0) is 6.42 Å². The summed E-state index contributed by atoms with van der Waals surface area (Å²) in [5.41, 5.74) is 1.25. The third-order valence-electron chi connectivity index (χ3n) is 2.78. The molecule has 0 aliphatic rings. The molecule has 0 aliphatic carbocycles. The maximum Gasteiger partial charge on any atom is 0.0972 e. The average Bonchev–Trinajstić information content (AvgIpc) is 2.81. The Labute approximate surface area is 117 Å². The smallest absolute Gasteiger partial charge is 0.0972 e. The van der Waals surface area contributed by atoms with Gasteiger partial charge < -0.3 is 5.32 Å². The van der Waals surface area contributed by atoms with Crippen LogP contribution in [-0.4, -0.2) is 11.5 Å². The van der Waals surface area contributed by atoms with Crippen molar-refractivity contribution in [3.63, 3.8) is 0 Å². The summed E-state index contributed by atoms with van der Waals surface area (Å²) in [6.45, 7) is 5.26. The van der Waals surface area contributed by atoms with Gasteiger partial charge in [-0.1, -0.05) is 30.7 Å². The van der Waals surface area contributed by atoms with Gasteiger partial charge in [0.25, 0.3) is 0 Å². The van der Waals surface area contributed by atoms with E-state index < -0.39 is 0 Å². The maximum absolute atomic E-state index is 5.87. The lowest BCUT2D eigenvalue weighted by molar-refractivity contribution is 0.606. The average molecular weight is 281 g/mol. The van der Waals surface area contributed by atoms with E-state index in [0.717, 1.165) is 23.0 Å². The van der Waals surface area contributed by atoms with E-state index in [4.69, 9.17) is 11.6 Å². The van der Waals surface area contributed by atoms with E-state index in [2.05, 4.69) is 36.3 Å². The lowest BCUT2D eigenvalue weighted by Gasteiger charge is -2.08. The zero-order chi connectivity index (χ0) is 13.0. The van der Waals surface area contributed by atoms with Crippen molar-refractivity contribution in [1.82, 2.24) is 10.3 Å². The summed E-state index contributed by atoms with van der Waals surface area (Å²) in [5.74, 6) is 0. The zero-order valence-corrected chi connectivity index (χ0v) is 12.2. The van der Waals surface area contributed by atoms with Gasteiger partial charge in [0.1, 0.15) is 0 Å². The molecule has 0 fully saturated rings. The topological polar surface area (TPSA) is 24.9 Å². The molecule has 1 heterocycles. The second kappa shape index (κ2) is 6.32. The molecule has 1 aromatic carbocycles. The van der Waals surface area contributed by atoms with Gasteiger partial charge in [-0.05, 0) is 31.2 Å². The fourth-order valence-corrected chi connectivity index (χ4v) is 2.90. The molecule has 2 rings (SSSR count). The van der Waals surface area contributed by atoms with Crippen LogP contribution < -0.4 is 5.32 Å². The number of hydrogen-bond acceptors (Lipinski definition) is 3. The Morgan fingerprint density at radius 1 is 1.33 bits per heavy atom. The molecule has 0 spiro atoms. The van der Waals surface area contributed by atoms with Crippen LogP contribution in [0.15, 0.2) is 30.5 Å². The standard InChI is InChI=1S/C14H17ClN2S/c1-3-16-10(2)13-9-17-14(18-13)8-11-4-6-12(15)7-5-11/h4-7,9-10,16H,3,8H2,1-2H3. The van der Waals surface area contributed by atoms with E-state index in [9.17, 15) is 0 Å². The van der Waals surface area contributed by atoms with Crippen LogP contribution in [0, 0.1) is 0 Å². The molecule has 96 valence electrons. The summed E-state index contributed by atoms with van der Waals surface area (Å²) >= 11 is 7.65. The molecule has 0 saturated carbocycles. The number of hydrogen-bond donors (Lipinski definition) is 1. The van der Waals surface area contributed by atoms with Gasteiger partial charge >= 0.3 is 0 Å². The second-order valence-electron chi connectivity index (χ2n) is 4.24. The van der Waals surface area contributed by atoms with E-state index in [1.54, 1.807) is 11.3 Å². The van der Waals surface area contributed by atoms with Crippen LogP contribution in [0.25, 0.3) is 0 Å². The molecule has 1 aromatic heterocycles. The predicted octanol–water partition coefficient (Wildman–Crippen LogP) is 4.06. The number of benzene rings is 1. The van der Waals surface area contributed by atoms with E-state index in [1.165, 1.54) is 10.4 Å². The third kappa shape index (κ3) is 3.55. The summed E-state index contributed by atoms with van der Waals surface area (Å²) in [4.78, 5) is 5.78. The van der Waals surface area contributed by atoms with Crippen LogP contribution in [0.5, 0.6) is 0 Å². The van der Waals surface area contributed by atoms with Crippen molar-refractivity contribution >= 4 is 22.9 Å². The molecular weight excluding hydrogens is 264 g/mol. The number of nitrogens with one attached hydrogen (secondary N) is 1. The van der Waals surface area contributed by atoms with Crippen LogP contribution >= 0.6 is 22.9 Å². The van der Waals surface area contributed by atoms with Crippen molar-refractivity contribution in [2.24, 2.45) is 0 Å². The first kappa shape index (κ1) is 13.5. The van der Waals surface area contributed by atoms with Gasteiger partial charge in [0.05, 0.1) is 5.01 Å². The van der Waals surface area contributed by atoms with Gasteiger partial charge in [0, 0.05) is 28.6 Å². The Hall–Kier alpha value is -0.900. The normalized spacial score (nSPS) is 12.6. The summed E-state index contributed by atoms with van der Waals surface area (Å²) in [5, 5.41) is 5.33. The van der Waals surface area contributed by atoms with Crippen molar-refractivity contribution < 1.29 is 0 Å². The van der Waals surface area contributed by atoms with E-state index in [-0.39, 0.29) is 0 Å². The van der Waals surface area contributed by atoms with Crippen LogP contribution in [0.2, 0.25) is 5.02 Å². The molecule has 0 saturated heterocycles. The Kier molecular flexibility index (Phi) is 4.75. The fraction of sp³-hybridized carbons (Fsp3) is 0.357. The number of halogens is 1. The Bertz CT molecular complexity index is 493. The molecule has 1 N–H and O–H groups in total. The van der Waals surface area contributed by atoms with Crippen molar-refractivity contribution in [2.45, 2.75) is 26.3 Å². The Morgan fingerprint density at radius 3 is 2.72 bits per heavy atom. The van der Waals surface area contributed by atoms with Gasteiger partial charge in [-0.15, -0.1) is 11.3 Å². The lowest BCUT2D eigenvalue weighted by Crippen LogP contribution is -2.16. The van der Waals surface area contributed by atoms with Gasteiger partial charge in [-0.2, -0.15) is 0 Å². The number of thiazole rings is 1. The third-order valence-corrected chi connectivity index (χ3v) is 4.21. The zero-order valence-electron chi connectivity index (χ0n) is 10.6. The van der Waals surface area contributed by atoms with Gasteiger partial charge in [0.15, 0.2) is 0 Å². The molecular formula is C14H17ClN2S. The molecule has 1 atom stereocenters. The van der Waals surface area contributed by atoms with E-state index in [1.807, 2.05) is 18.3 Å². The summed E-state index contributed by atoms with van der Waals surface area (Å²) in [6.07, 6.45) is 2.85. The Balaban J connectivity index is 2.04. The highest BCUT2D eigenvalue weighted by atomic mass is 35.5. The van der Waals surface area contributed by atoms with Crippen molar-refractivity contribution in [3.05, 3.63) is 50.9 Å². The van der Waals surface area contributed by atoms with Gasteiger partial charge in [0.2, 0.25) is 0 Å². The number of aromatic nitrogens is 1. The number of nitrogens with zero attached hydrogens (tertiary/aromatic N) is 1. The van der Waals surface area contributed by atoms with Crippen LogP contribution in [0.1, 0.15) is 35.3 Å². The summed E-state index contributed by atoms with van der Waals surface area (Å²) in [7, 11) is 0. The minimum Gasteiger partial charge on any atom is -0.310 e. The molecule has 0 bridgehead atoms. The molecule has 0 amide bonds. The quantitative estimate of drug-likeness (QED) is 0.893. The molecule has 1 unspecified atom stereocenters. The lowest BCUT2D eigenvalue weighted by atomic mass is 10.2. The van der Waals surface area contributed by atoms with Gasteiger partial charge in [-0.3, -0.25) is 0 Å². The van der Waals surface area contributed by atoms with E-state index in [0.29, 0.717) is 6.04 Å². The Morgan fingerprint density at radius 2 is 2.06 bits per heavy atom. The SMILES string of the molecule is CCNC(C)c1cnc(Cc2ccc(Cl)cc2)s1. The first-order chi connectivity index (χ1) is 8.69. The minimum absolute atomic E-state index is 0.381. The van der Waals surface area contributed by atoms with Crippen LogP contribution in [0.3, 0.4) is 0 Å². The maximum atomic E-state index is 5.87.